The molecule has 168 valence electrons. The fraction of sp³-hybridized carbons (Fsp3) is 0.136. The molecule has 0 fully saturated rings. The number of amides is 2. The number of alkyl halides is 3. The second-order valence-corrected chi connectivity index (χ2v) is 7.25. The normalized spacial score (nSPS) is 11.4. The van der Waals surface area contributed by atoms with Crippen molar-refractivity contribution in [2.75, 3.05) is 10.6 Å². The molecule has 11 heteroatoms. The molecule has 0 bridgehead atoms. The van der Waals surface area contributed by atoms with Crippen LogP contribution in [0.25, 0.3) is 17.0 Å². The molecule has 4 rings (SSSR count). The van der Waals surface area contributed by atoms with Crippen molar-refractivity contribution >= 4 is 29.0 Å². The molecule has 0 spiro atoms. The molecule has 0 saturated carbocycles. The van der Waals surface area contributed by atoms with E-state index < -0.39 is 23.6 Å². The first-order valence-electron chi connectivity index (χ1n) is 9.71. The van der Waals surface area contributed by atoms with Crippen LogP contribution in [0.3, 0.4) is 0 Å². The van der Waals surface area contributed by atoms with Crippen LogP contribution in [0.5, 0.6) is 0 Å². The van der Waals surface area contributed by atoms with Gasteiger partial charge in [0.1, 0.15) is 0 Å². The molecule has 0 saturated heterocycles. The molecule has 2 amide bonds. The topological polar surface area (TPSA) is 101 Å². The minimum absolute atomic E-state index is 0.0581. The molecule has 0 unspecified atom stereocenters. The van der Waals surface area contributed by atoms with Gasteiger partial charge < -0.3 is 10.6 Å². The van der Waals surface area contributed by atoms with Gasteiger partial charge in [0.25, 0.3) is 11.7 Å². The summed E-state index contributed by atoms with van der Waals surface area (Å²) < 4.78 is 41.7. The van der Waals surface area contributed by atoms with Gasteiger partial charge in [0.05, 0.1) is 5.69 Å². The van der Waals surface area contributed by atoms with Crippen LogP contribution in [0.1, 0.15) is 28.8 Å². The fourth-order valence-corrected chi connectivity index (χ4v) is 3.07. The van der Waals surface area contributed by atoms with Gasteiger partial charge in [-0.3, -0.25) is 9.59 Å². The van der Waals surface area contributed by atoms with Gasteiger partial charge in [-0.15, -0.1) is 5.10 Å². The zero-order valence-corrected chi connectivity index (χ0v) is 17.4. The van der Waals surface area contributed by atoms with E-state index in [0.717, 1.165) is 11.6 Å². The van der Waals surface area contributed by atoms with E-state index in [2.05, 4.69) is 25.7 Å². The van der Waals surface area contributed by atoms with Gasteiger partial charge >= 0.3 is 6.18 Å². The Morgan fingerprint density at radius 3 is 2.09 bits per heavy atom. The summed E-state index contributed by atoms with van der Waals surface area (Å²) in [5.74, 6) is -1.89. The molecule has 2 aromatic carbocycles. The van der Waals surface area contributed by atoms with E-state index >= 15 is 0 Å². The van der Waals surface area contributed by atoms with E-state index in [1.165, 1.54) is 19.1 Å². The molecule has 2 N–H and O–H groups in total. The molecule has 8 nitrogen and oxygen atoms in total. The van der Waals surface area contributed by atoms with Crippen LogP contribution >= 0.6 is 0 Å². The highest BCUT2D eigenvalue weighted by Gasteiger charge is 2.36. The highest BCUT2D eigenvalue weighted by atomic mass is 19.4. The number of anilines is 2. The maximum absolute atomic E-state index is 13.7. The minimum atomic E-state index is -4.75. The lowest BCUT2D eigenvalue weighted by molar-refractivity contribution is -0.142. The van der Waals surface area contributed by atoms with Gasteiger partial charge in [-0.25, -0.2) is 4.98 Å². The van der Waals surface area contributed by atoms with Gasteiger partial charge in [0, 0.05) is 23.9 Å². The third-order valence-corrected chi connectivity index (χ3v) is 4.62. The smallest absolute Gasteiger partial charge is 0.326 e. The van der Waals surface area contributed by atoms with Crippen molar-refractivity contribution in [3.63, 3.8) is 0 Å². The number of nitrogens with one attached hydrogen (secondary N) is 2. The number of fused-ring (bicyclic) bond motifs is 1. The lowest BCUT2D eigenvalue weighted by Crippen LogP contribution is -2.16. The molecule has 0 aliphatic rings. The van der Waals surface area contributed by atoms with Crippen molar-refractivity contribution in [1.29, 1.82) is 0 Å². The molecule has 0 atom stereocenters. The van der Waals surface area contributed by atoms with Gasteiger partial charge in [-0.05, 0) is 37.3 Å². The highest BCUT2D eigenvalue weighted by molar-refractivity contribution is 6.02. The Balaban J connectivity index is 1.68. The Morgan fingerprint density at radius 1 is 0.909 bits per heavy atom. The Kier molecular flexibility index (Phi) is 5.54. The number of carbonyl (C=O) groups is 2. The molecule has 4 aromatic rings. The number of aromatic nitrogens is 4. The molecule has 0 aliphatic heterocycles. The number of nitrogens with zero attached hydrogens (tertiary/aromatic N) is 4. The summed E-state index contributed by atoms with van der Waals surface area (Å²) in [4.78, 5) is 31.7. The number of hydrogen-bond acceptors (Lipinski definition) is 5. The number of hydrogen-bond donors (Lipinski definition) is 2. The maximum atomic E-state index is 13.7. The SMILES string of the molecule is CC(=O)Nc1ccc(NC(=O)c2nc3nc(-c4ccc(C)cc4)cc(C(F)(F)F)n3n2)cc1. The van der Waals surface area contributed by atoms with Gasteiger partial charge in [-0.2, -0.15) is 22.7 Å². The first kappa shape index (κ1) is 21.9. The number of halogens is 3. The van der Waals surface area contributed by atoms with E-state index in [9.17, 15) is 22.8 Å². The summed E-state index contributed by atoms with van der Waals surface area (Å²) in [6, 6.07) is 13.9. The molecular formula is C22H17F3N6O2. The standard InChI is InChI=1S/C22H17F3N6O2/c1-12-3-5-14(6-4-12)17-11-18(22(23,24)25)31-21(28-17)29-19(30-31)20(33)27-16-9-7-15(8-10-16)26-13(2)32/h3-11H,1-2H3,(H,26,32)(H,27,33). The Morgan fingerprint density at radius 2 is 1.52 bits per heavy atom. The van der Waals surface area contributed by atoms with Crippen LogP contribution in [-0.4, -0.2) is 31.4 Å². The molecule has 0 radical (unpaired) electrons. The number of carbonyl (C=O) groups excluding carboxylic acids is 2. The average molecular weight is 454 g/mol. The van der Waals surface area contributed by atoms with Crippen molar-refractivity contribution < 1.29 is 22.8 Å². The molecule has 33 heavy (non-hydrogen) atoms. The van der Waals surface area contributed by atoms with E-state index in [1.54, 1.807) is 36.4 Å². The van der Waals surface area contributed by atoms with E-state index in [1.807, 2.05) is 6.92 Å². The van der Waals surface area contributed by atoms with Crippen molar-refractivity contribution in [3.8, 4) is 11.3 Å². The lowest BCUT2D eigenvalue weighted by atomic mass is 10.1. The van der Waals surface area contributed by atoms with Crippen molar-refractivity contribution in [2.24, 2.45) is 0 Å². The zero-order valence-electron chi connectivity index (χ0n) is 17.4. The molecule has 2 heterocycles. The van der Waals surface area contributed by atoms with Gasteiger partial charge in [-0.1, -0.05) is 29.8 Å². The first-order chi connectivity index (χ1) is 15.6. The van der Waals surface area contributed by atoms with E-state index in [0.29, 0.717) is 21.5 Å². The number of aryl methyl sites for hydroxylation is 1. The summed E-state index contributed by atoms with van der Waals surface area (Å²) in [5, 5.41) is 8.83. The number of benzene rings is 2. The van der Waals surface area contributed by atoms with Crippen molar-refractivity contribution in [2.45, 2.75) is 20.0 Å². The van der Waals surface area contributed by atoms with E-state index in [-0.39, 0.29) is 17.4 Å². The molecule has 2 aromatic heterocycles. The summed E-state index contributed by atoms with van der Waals surface area (Å²) in [7, 11) is 0. The van der Waals surface area contributed by atoms with Gasteiger partial charge in [0.2, 0.25) is 11.7 Å². The van der Waals surface area contributed by atoms with Crippen LogP contribution in [0.4, 0.5) is 24.5 Å². The predicted octanol–water partition coefficient (Wildman–Crippen LogP) is 4.33. The second-order valence-electron chi connectivity index (χ2n) is 7.25. The van der Waals surface area contributed by atoms with Crippen molar-refractivity contribution in [1.82, 2.24) is 19.6 Å². The molecule has 0 aliphatic carbocycles. The Bertz CT molecular complexity index is 1350. The predicted molar refractivity (Wildman–Crippen MR) is 115 cm³/mol. The van der Waals surface area contributed by atoms with Crippen LogP contribution in [0, 0.1) is 6.92 Å². The molecular weight excluding hydrogens is 437 g/mol. The third kappa shape index (κ3) is 4.81. The lowest BCUT2D eigenvalue weighted by Gasteiger charge is -2.10. The summed E-state index contributed by atoms with van der Waals surface area (Å²) in [6.45, 7) is 3.22. The van der Waals surface area contributed by atoms with Crippen LogP contribution in [0.2, 0.25) is 0 Å². The average Bonchev–Trinajstić information content (AvgIpc) is 3.18. The largest absolute Gasteiger partial charge is 0.433 e. The fourth-order valence-electron chi connectivity index (χ4n) is 3.07. The number of rotatable bonds is 4. The van der Waals surface area contributed by atoms with Crippen LogP contribution in [-0.2, 0) is 11.0 Å². The van der Waals surface area contributed by atoms with Gasteiger partial charge in [0.15, 0.2) is 5.69 Å². The van der Waals surface area contributed by atoms with Crippen molar-refractivity contribution in [3.05, 3.63) is 71.7 Å². The van der Waals surface area contributed by atoms with E-state index in [4.69, 9.17) is 0 Å². The van der Waals surface area contributed by atoms with Crippen LogP contribution < -0.4 is 10.6 Å². The Labute approximate surface area is 185 Å². The maximum Gasteiger partial charge on any atom is 0.433 e. The minimum Gasteiger partial charge on any atom is -0.326 e. The van der Waals surface area contributed by atoms with Crippen LogP contribution in [0.15, 0.2) is 54.6 Å². The Hall–Kier alpha value is -4.28. The third-order valence-electron chi connectivity index (χ3n) is 4.62. The quantitative estimate of drug-likeness (QED) is 0.478. The zero-order chi connectivity index (χ0) is 23.8. The second kappa shape index (κ2) is 8.34. The first-order valence-corrected chi connectivity index (χ1v) is 9.71. The summed E-state index contributed by atoms with van der Waals surface area (Å²) in [6.07, 6.45) is -4.75. The monoisotopic (exact) mass is 454 g/mol. The highest BCUT2D eigenvalue weighted by Crippen LogP contribution is 2.32. The summed E-state index contributed by atoms with van der Waals surface area (Å²) in [5.41, 5.74) is 1.24. The summed E-state index contributed by atoms with van der Waals surface area (Å²) >= 11 is 0.